The van der Waals surface area contributed by atoms with Gasteiger partial charge in [-0.2, -0.15) is 0 Å². The zero-order valence-corrected chi connectivity index (χ0v) is 16.4. The van der Waals surface area contributed by atoms with Crippen LogP contribution in [-0.2, 0) is 13.0 Å². The van der Waals surface area contributed by atoms with Gasteiger partial charge in [0.15, 0.2) is 0 Å². The number of alkyl halides is 1. The van der Waals surface area contributed by atoms with E-state index < -0.39 is 12.1 Å². The zero-order valence-electron chi connectivity index (χ0n) is 16.4. The lowest BCUT2D eigenvalue weighted by Gasteiger charge is -2.29. The summed E-state index contributed by atoms with van der Waals surface area (Å²) in [6.07, 6.45) is 1.73. The first-order valence-electron chi connectivity index (χ1n) is 9.55. The fourth-order valence-electron chi connectivity index (χ4n) is 3.43. The van der Waals surface area contributed by atoms with Crippen molar-refractivity contribution < 1.29 is 9.18 Å². The standard InChI is InChI=1S/C21H28FN5O/c1-27(2)13-15-5-3-14(4-6-15)9-16-10-20(17(11-25-16)21(23)28)26-19-7-8-24-12-18(19)22/h3-6,10-11,18-19,24H,7-9,12-13H2,1-2H3,(H2,23,28)(H,25,26)/t18-,19+/m0/s1. The largest absolute Gasteiger partial charge is 0.379 e. The summed E-state index contributed by atoms with van der Waals surface area (Å²) in [6, 6.07) is 9.84. The summed E-state index contributed by atoms with van der Waals surface area (Å²) < 4.78 is 14.2. The molecular weight excluding hydrogens is 357 g/mol. The number of piperidine rings is 1. The number of pyridine rings is 1. The first-order valence-corrected chi connectivity index (χ1v) is 9.55. The second-order valence-electron chi connectivity index (χ2n) is 7.58. The van der Waals surface area contributed by atoms with Crippen LogP contribution in [0.4, 0.5) is 10.1 Å². The molecule has 6 nitrogen and oxygen atoms in total. The van der Waals surface area contributed by atoms with Crippen LogP contribution >= 0.6 is 0 Å². The van der Waals surface area contributed by atoms with Crippen LogP contribution in [-0.4, -0.2) is 55.2 Å². The Labute approximate surface area is 165 Å². The minimum atomic E-state index is -1.02. The summed E-state index contributed by atoms with van der Waals surface area (Å²) in [5.41, 5.74) is 9.49. The van der Waals surface area contributed by atoms with Crippen molar-refractivity contribution in [1.29, 1.82) is 0 Å². The Morgan fingerprint density at radius 2 is 2.04 bits per heavy atom. The van der Waals surface area contributed by atoms with E-state index in [1.165, 1.54) is 11.8 Å². The molecule has 1 aromatic heterocycles. The first-order chi connectivity index (χ1) is 13.4. The monoisotopic (exact) mass is 385 g/mol. The van der Waals surface area contributed by atoms with Gasteiger partial charge in [-0.05, 0) is 44.3 Å². The molecule has 4 N–H and O–H groups in total. The van der Waals surface area contributed by atoms with Gasteiger partial charge in [-0.1, -0.05) is 24.3 Å². The Morgan fingerprint density at radius 3 is 2.68 bits per heavy atom. The normalized spacial score (nSPS) is 19.6. The number of benzene rings is 1. The number of hydrogen-bond donors (Lipinski definition) is 3. The zero-order chi connectivity index (χ0) is 20.1. The van der Waals surface area contributed by atoms with E-state index in [1.54, 1.807) is 0 Å². The van der Waals surface area contributed by atoms with Crippen molar-refractivity contribution in [2.45, 2.75) is 31.6 Å². The Morgan fingerprint density at radius 1 is 1.32 bits per heavy atom. The van der Waals surface area contributed by atoms with Crippen molar-refractivity contribution in [2.75, 3.05) is 32.5 Å². The highest BCUT2D eigenvalue weighted by Gasteiger charge is 2.25. The van der Waals surface area contributed by atoms with E-state index in [1.807, 2.05) is 20.2 Å². The minimum absolute atomic E-state index is 0.288. The number of nitrogens with two attached hydrogens (primary N) is 1. The van der Waals surface area contributed by atoms with Gasteiger partial charge in [-0.25, -0.2) is 4.39 Å². The number of nitrogens with zero attached hydrogens (tertiary/aromatic N) is 2. The fourth-order valence-corrected chi connectivity index (χ4v) is 3.43. The van der Waals surface area contributed by atoms with Gasteiger partial charge in [-0.15, -0.1) is 0 Å². The lowest BCUT2D eigenvalue weighted by Crippen LogP contribution is -2.45. The summed E-state index contributed by atoms with van der Waals surface area (Å²) in [4.78, 5) is 18.3. The van der Waals surface area contributed by atoms with Crippen LogP contribution in [0.15, 0.2) is 36.5 Å². The van der Waals surface area contributed by atoms with Crippen molar-refractivity contribution in [2.24, 2.45) is 5.73 Å². The number of carbonyl (C=O) groups is 1. The third kappa shape index (κ3) is 5.27. The summed E-state index contributed by atoms with van der Waals surface area (Å²) in [5, 5.41) is 6.20. The molecule has 1 aromatic carbocycles. The highest BCUT2D eigenvalue weighted by molar-refractivity contribution is 5.98. The van der Waals surface area contributed by atoms with Gasteiger partial charge in [0, 0.05) is 31.4 Å². The number of hydrogen-bond acceptors (Lipinski definition) is 5. The second kappa shape index (κ2) is 9.12. The molecule has 1 aliphatic heterocycles. The molecule has 1 aliphatic rings. The smallest absolute Gasteiger partial charge is 0.252 e. The van der Waals surface area contributed by atoms with E-state index >= 15 is 0 Å². The van der Waals surface area contributed by atoms with Crippen LogP contribution in [0.1, 0.15) is 33.6 Å². The maximum atomic E-state index is 14.2. The predicted molar refractivity (Wildman–Crippen MR) is 109 cm³/mol. The summed E-state index contributed by atoms with van der Waals surface area (Å²) in [6.45, 7) is 1.93. The quantitative estimate of drug-likeness (QED) is 0.679. The summed E-state index contributed by atoms with van der Waals surface area (Å²) in [5.74, 6) is -0.570. The highest BCUT2D eigenvalue weighted by Crippen LogP contribution is 2.22. The van der Waals surface area contributed by atoms with Gasteiger partial charge in [0.25, 0.3) is 5.91 Å². The molecule has 0 radical (unpaired) electrons. The van der Waals surface area contributed by atoms with Crippen LogP contribution in [0.5, 0.6) is 0 Å². The maximum Gasteiger partial charge on any atom is 0.252 e. The van der Waals surface area contributed by atoms with Crippen molar-refractivity contribution in [3.63, 3.8) is 0 Å². The molecule has 1 amide bonds. The maximum absolute atomic E-state index is 14.2. The number of nitrogens with one attached hydrogen (secondary N) is 2. The number of rotatable bonds is 7. The van der Waals surface area contributed by atoms with E-state index in [9.17, 15) is 9.18 Å². The second-order valence-corrected chi connectivity index (χ2v) is 7.58. The Balaban J connectivity index is 1.77. The molecule has 0 bridgehead atoms. The molecular formula is C21H28FN5O. The van der Waals surface area contributed by atoms with Crippen molar-refractivity contribution in [3.8, 4) is 0 Å². The molecule has 0 saturated carbocycles. The third-order valence-electron chi connectivity index (χ3n) is 4.88. The highest BCUT2D eigenvalue weighted by atomic mass is 19.1. The van der Waals surface area contributed by atoms with E-state index in [4.69, 9.17) is 5.73 Å². The van der Waals surface area contributed by atoms with Crippen molar-refractivity contribution >= 4 is 11.6 Å². The van der Waals surface area contributed by atoms with Gasteiger partial charge < -0.3 is 21.3 Å². The number of halogens is 1. The van der Waals surface area contributed by atoms with Gasteiger partial charge in [-0.3, -0.25) is 9.78 Å². The molecule has 1 fully saturated rings. The van der Waals surface area contributed by atoms with Gasteiger partial charge in [0.05, 0.1) is 17.3 Å². The van der Waals surface area contributed by atoms with E-state index in [0.717, 1.165) is 24.3 Å². The van der Waals surface area contributed by atoms with Crippen LogP contribution in [0, 0.1) is 0 Å². The molecule has 2 aromatic rings. The SMILES string of the molecule is CN(C)Cc1ccc(Cc2cc(N[C@@H]3CCNC[C@@H]3F)c(C(N)=O)cn2)cc1. The predicted octanol–water partition coefficient (Wildman–Crippen LogP) is 1.94. The van der Waals surface area contributed by atoms with Gasteiger partial charge in [0.1, 0.15) is 6.17 Å². The third-order valence-corrected chi connectivity index (χ3v) is 4.88. The number of primary amides is 1. The van der Waals surface area contributed by atoms with Crippen molar-refractivity contribution in [3.05, 3.63) is 58.9 Å². The van der Waals surface area contributed by atoms with E-state index in [-0.39, 0.29) is 11.6 Å². The average Bonchev–Trinajstić information content (AvgIpc) is 2.65. The van der Waals surface area contributed by atoms with Gasteiger partial charge in [0.2, 0.25) is 0 Å². The average molecular weight is 385 g/mol. The van der Waals surface area contributed by atoms with E-state index in [2.05, 4.69) is 44.8 Å². The van der Waals surface area contributed by atoms with Crippen molar-refractivity contribution in [1.82, 2.24) is 15.2 Å². The molecule has 1 saturated heterocycles. The first kappa shape index (κ1) is 20.2. The molecule has 0 unspecified atom stereocenters. The molecule has 7 heteroatoms. The Hall–Kier alpha value is -2.51. The number of carbonyl (C=O) groups excluding carboxylic acids is 1. The molecule has 150 valence electrons. The molecule has 28 heavy (non-hydrogen) atoms. The number of anilines is 1. The number of amides is 1. The van der Waals surface area contributed by atoms with Crippen LogP contribution in [0.25, 0.3) is 0 Å². The Bertz CT molecular complexity index is 809. The molecule has 0 aliphatic carbocycles. The lowest BCUT2D eigenvalue weighted by atomic mass is 10.0. The van der Waals surface area contributed by atoms with Crippen LogP contribution < -0.4 is 16.4 Å². The molecule has 2 heterocycles. The molecule has 3 rings (SSSR count). The fraction of sp³-hybridized carbons (Fsp3) is 0.429. The summed E-state index contributed by atoms with van der Waals surface area (Å²) >= 11 is 0. The molecule has 0 spiro atoms. The van der Waals surface area contributed by atoms with Gasteiger partial charge >= 0.3 is 0 Å². The summed E-state index contributed by atoms with van der Waals surface area (Å²) in [7, 11) is 4.08. The van der Waals surface area contributed by atoms with Crippen LogP contribution in [0.2, 0.25) is 0 Å². The van der Waals surface area contributed by atoms with Crippen LogP contribution in [0.3, 0.4) is 0 Å². The van der Waals surface area contributed by atoms with E-state index in [0.29, 0.717) is 25.1 Å². The minimum Gasteiger partial charge on any atom is -0.379 e. The molecule has 2 atom stereocenters. The lowest BCUT2D eigenvalue weighted by molar-refractivity contribution is 0.100. The topological polar surface area (TPSA) is 83.3 Å². The Kier molecular flexibility index (Phi) is 6.59. The number of aromatic nitrogens is 1.